The van der Waals surface area contributed by atoms with Gasteiger partial charge < -0.3 is 15.4 Å². The molecule has 1 amide bonds. The van der Waals surface area contributed by atoms with E-state index in [2.05, 4.69) is 15.5 Å². The van der Waals surface area contributed by atoms with E-state index >= 15 is 0 Å². The number of hydrogen-bond acceptors (Lipinski definition) is 4. The van der Waals surface area contributed by atoms with Gasteiger partial charge >= 0.3 is 0 Å². The number of benzene rings is 1. The topological polar surface area (TPSA) is 53.6 Å². The first-order valence-electron chi connectivity index (χ1n) is 7.21. The Balaban J connectivity index is 1.72. The second kappa shape index (κ2) is 7.95. The van der Waals surface area contributed by atoms with Crippen molar-refractivity contribution in [1.82, 2.24) is 15.5 Å². The highest BCUT2D eigenvalue weighted by atomic mass is 19.1. The Bertz CT molecular complexity index is 476. The van der Waals surface area contributed by atoms with Crippen LogP contribution in [-0.4, -0.2) is 57.2 Å². The molecule has 6 heteroatoms. The van der Waals surface area contributed by atoms with Crippen LogP contribution in [0, 0.1) is 5.82 Å². The van der Waals surface area contributed by atoms with E-state index in [9.17, 15) is 9.18 Å². The molecule has 1 aromatic carbocycles. The molecular weight excluding hydrogens is 273 g/mol. The van der Waals surface area contributed by atoms with Gasteiger partial charge in [0.2, 0.25) is 5.91 Å². The fourth-order valence-corrected chi connectivity index (χ4v) is 2.36. The highest BCUT2D eigenvalue weighted by molar-refractivity contribution is 5.78. The van der Waals surface area contributed by atoms with Crippen LogP contribution in [0.3, 0.4) is 0 Å². The summed E-state index contributed by atoms with van der Waals surface area (Å²) >= 11 is 0. The summed E-state index contributed by atoms with van der Waals surface area (Å²) in [7, 11) is 1.42. The van der Waals surface area contributed by atoms with Crippen molar-refractivity contribution in [3.63, 3.8) is 0 Å². The van der Waals surface area contributed by atoms with Crippen LogP contribution >= 0.6 is 0 Å². The van der Waals surface area contributed by atoms with Crippen LogP contribution in [-0.2, 0) is 11.2 Å². The number of piperazine rings is 1. The molecule has 1 aliphatic heterocycles. The summed E-state index contributed by atoms with van der Waals surface area (Å²) in [5.41, 5.74) is 0.646. The molecule has 1 fully saturated rings. The van der Waals surface area contributed by atoms with Crippen LogP contribution in [0.5, 0.6) is 5.75 Å². The number of methoxy groups -OCH3 is 1. The first-order valence-corrected chi connectivity index (χ1v) is 7.21. The Labute approximate surface area is 124 Å². The summed E-state index contributed by atoms with van der Waals surface area (Å²) in [5.74, 6) is -0.337. The molecule has 0 bridgehead atoms. The van der Waals surface area contributed by atoms with E-state index in [4.69, 9.17) is 4.74 Å². The molecule has 0 unspecified atom stereocenters. The fourth-order valence-electron chi connectivity index (χ4n) is 2.36. The number of amides is 1. The van der Waals surface area contributed by atoms with Gasteiger partial charge in [-0.25, -0.2) is 4.39 Å². The van der Waals surface area contributed by atoms with E-state index in [1.807, 2.05) is 0 Å². The van der Waals surface area contributed by atoms with E-state index < -0.39 is 5.82 Å². The largest absolute Gasteiger partial charge is 0.494 e. The molecule has 1 saturated heterocycles. The first kappa shape index (κ1) is 15.7. The van der Waals surface area contributed by atoms with Gasteiger partial charge in [0.15, 0.2) is 11.6 Å². The molecular formula is C15H22FN3O2. The standard InChI is InChI=1S/C15H22FN3O2/c1-21-14-3-2-12(10-13(14)16)11-15(20)18-6-9-19-7-4-17-5-8-19/h2-3,10,17H,4-9,11H2,1H3,(H,18,20). The number of rotatable bonds is 6. The highest BCUT2D eigenvalue weighted by Crippen LogP contribution is 2.17. The molecule has 1 aromatic rings. The second-order valence-electron chi connectivity index (χ2n) is 5.09. The summed E-state index contributed by atoms with van der Waals surface area (Å²) in [6, 6.07) is 4.59. The Kier molecular flexibility index (Phi) is 5.95. The number of nitrogens with one attached hydrogen (secondary N) is 2. The summed E-state index contributed by atoms with van der Waals surface area (Å²) in [5, 5.41) is 6.16. The lowest BCUT2D eigenvalue weighted by Gasteiger charge is -2.27. The monoisotopic (exact) mass is 295 g/mol. The number of hydrogen-bond donors (Lipinski definition) is 2. The maximum atomic E-state index is 13.5. The van der Waals surface area contributed by atoms with Crippen molar-refractivity contribution in [2.75, 3.05) is 46.4 Å². The van der Waals surface area contributed by atoms with Gasteiger partial charge in [-0.15, -0.1) is 0 Å². The van der Waals surface area contributed by atoms with Gasteiger partial charge in [-0.2, -0.15) is 0 Å². The molecule has 1 heterocycles. The van der Waals surface area contributed by atoms with Crippen LogP contribution in [0.2, 0.25) is 0 Å². The average Bonchev–Trinajstić information content (AvgIpc) is 2.48. The zero-order chi connectivity index (χ0) is 15.1. The molecule has 0 aromatic heterocycles. The number of halogens is 1. The highest BCUT2D eigenvalue weighted by Gasteiger charge is 2.10. The molecule has 0 atom stereocenters. The minimum Gasteiger partial charge on any atom is -0.494 e. The quantitative estimate of drug-likeness (QED) is 0.797. The maximum absolute atomic E-state index is 13.5. The lowest BCUT2D eigenvalue weighted by atomic mass is 10.1. The first-order chi connectivity index (χ1) is 10.2. The summed E-state index contributed by atoms with van der Waals surface area (Å²) in [6.45, 7) is 5.50. The minimum absolute atomic E-state index is 0.0882. The summed E-state index contributed by atoms with van der Waals surface area (Å²) in [4.78, 5) is 14.1. The van der Waals surface area contributed by atoms with Gasteiger partial charge in [-0.3, -0.25) is 9.69 Å². The van der Waals surface area contributed by atoms with Crippen LogP contribution in [0.1, 0.15) is 5.56 Å². The molecule has 0 radical (unpaired) electrons. The van der Waals surface area contributed by atoms with E-state index in [1.165, 1.54) is 13.2 Å². The van der Waals surface area contributed by atoms with Crippen LogP contribution < -0.4 is 15.4 Å². The van der Waals surface area contributed by atoms with Gasteiger partial charge in [0.1, 0.15) is 0 Å². The third-order valence-electron chi connectivity index (χ3n) is 3.54. The van der Waals surface area contributed by atoms with Gasteiger partial charge in [-0.1, -0.05) is 6.07 Å². The van der Waals surface area contributed by atoms with Crippen LogP contribution in [0.4, 0.5) is 4.39 Å². The Morgan fingerprint density at radius 1 is 1.43 bits per heavy atom. The van der Waals surface area contributed by atoms with Crippen molar-refractivity contribution >= 4 is 5.91 Å². The molecule has 0 aliphatic carbocycles. The number of carbonyl (C=O) groups excluding carboxylic acids is 1. The van der Waals surface area contributed by atoms with Crippen molar-refractivity contribution < 1.29 is 13.9 Å². The van der Waals surface area contributed by atoms with Gasteiger partial charge in [0.05, 0.1) is 13.5 Å². The average molecular weight is 295 g/mol. The molecule has 1 aliphatic rings. The van der Waals surface area contributed by atoms with E-state index in [0.29, 0.717) is 12.1 Å². The fraction of sp³-hybridized carbons (Fsp3) is 0.533. The predicted molar refractivity (Wildman–Crippen MR) is 79.0 cm³/mol. The molecule has 0 spiro atoms. The number of nitrogens with zero attached hydrogens (tertiary/aromatic N) is 1. The van der Waals surface area contributed by atoms with E-state index in [1.54, 1.807) is 12.1 Å². The number of carbonyl (C=O) groups is 1. The maximum Gasteiger partial charge on any atom is 0.224 e. The lowest BCUT2D eigenvalue weighted by Crippen LogP contribution is -2.46. The molecule has 2 rings (SSSR count). The molecule has 2 N–H and O–H groups in total. The van der Waals surface area contributed by atoms with Crippen molar-refractivity contribution in [3.8, 4) is 5.75 Å². The SMILES string of the molecule is COc1ccc(CC(=O)NCCN2CCNCC2)cc1F. The molecule has 116 valence electrons. The summed E-state index contributed by atoms with van der Waals surface area (Å²) < 4.78 is 18.4. The van der Waals surface area contributed by atoms with Crippen molar-refractivity contribution in [3.05, 3.63) is 29.6 Å². The van der Waals surface area contributed by atoms with Gasteiger partial charge in [0, 0.05) is 39.3 Å². The number of ether oxygens (including phenoxy) is 1. The van der Waals surface area contributed by atoms with Crippen LogP contribution in [0.15, 0.2) is 18.2 Å². The third-order valence-corrected chi connectivity index (χ3v) is 3.54. The van der Waals surface area contributed by atoms with Crippen molar-refractivity contribution in [2.24, 2.45) is 0 Å². The second-order valence-corrected chi connectivity index (χ2v) is 5.09. The van der Waals surface area contributed by atoms with Crippen LogP contribution in [0.25, 0.3) is 0 Å². The zero-order valence-corrected chi connectivity index (χ0v) is 12.3. The van der Waals surface area contributed by atoms with Gasteiger partial charge in [0.25, 0.3) is 0 Å². The Morgan fingerprint density at radius 3 is 2.86 bits per heavy atom. The Morgan fingerprint density at radius 2 is 2.19 bits per heavy atom. The molecule has 5 nitrogen and oxygen atoms in total. The van der Waals surface area contributed by atoms with E-state index in [-0.39, 0.29) is 18.1 Å². The van der Waals surface area contributed by atoms with E-state index in [0.717, 1.165) is 32.7 Å². The van der Waals surface area contributed by atoms with Gasteiger partial charge in [-0.05, 0) is 17.7 Å². The lowest BCUT2D eigenvalue weighted by molar-refractivity contribution is -0.120. The predicted octanol–water partition coefficient (Wildman–Crippen LogP) is 0.398. The van der Waals surface area contributed by atoms with Crippen molar-refractivity contribution in [1.29, 1.82) is 0 Å². The Hall–Kier alpha value is -1.66. The zero-order valence-electron chi connectivity index (χ0n) is 12.3. The smallest absolute Gasteiger partial charge is 0.224 e. The van der Waals surface area contributed by atoms with Crippen molar-refractivity contribution in [2.45, 2.75) is 6.42 Å². The summed E-state index contributed by atoms with van der Waals surface area (Å²) in [6.07, 6.45) is 0.183. The molecule has 0 saturated carbocycles. The minimum atomic E-state index is -0.441. The molecule has 21 heavy (non-hydrogen) atoms. The third kappa shape index (κ3) is 4.99. The normalized spacial score (nSPS) is 15.7.